The lowest BCUT2D eigenvalue weighted by Crippen LogP contribution is -2.50. The highest BCUT2D eigenvalue weighted by atomic mass is 35.5. The molecule has 0 radical (unpaired) electrons. The molecule has 0 aromatic heterocycles. The van der Waals surface area contributed by atoms with E-state index in [0.29, 0.717) is 28.5 Å². The van der Waals surface area contributed by atoms with Gasteiger partial charge in [0.1, 0.15) is 0 Å². The van der Waals surface area contributed by atoms with Crippen molar-refractivity contribution in [3.63, 3.8) is 0 Å². The first-order chi connectivity index (χ1) is 7.96. The first-order valence-corrected chi connectivity index (χ1v) is 6.18. The average Bonchev–Trinajstić information content (AvgIpc) is 2.29. The zero-order valence-corrected chi connectivity index (χ0v) is 10.4. The predicted octanol–water partition coefficient (Wildman–Crippen LogP) is 3.67. The van der Waals surface area contributed by atoms with Crippen molar-refractivity contribution in [2.45, 2.75) is 11.8 Å². The molecule has 0 bridgehead atoms. The molecule has 1 heterocycles. The molecule has 1 aromatic carbocycles. The van der Waals surface area contributed by atoms with Gasteiger partial charge in [-0.2, -0.15) is 17.5 Å². The second kappa shape index (κ2) is 4.60. The van der Waals surface area contributed by atoms with E-state index in [4.69, 9.17) is 11.6 Å². The van der Waals surface area contributed by atoms with Gasteiger partial charge in [-0.1, -0.05) is 23.7 Å². The number of benzene rings is 1. The van der Waals surface area contributed by atoms with E-state index < -0.39 is 11.8 Å². The third-order valence-electron chi connectivity index (χ3n) is 2.11. The number of hydrogen-bond donors (Lipinski definition) is 1. The first kappa shape index (κ1) is 12.9. The lowest BCUT2D eigenvalue weighted by molar-refractivity contribution is -0.191. The molecule has 3 nitrogen and oxygen atoms in total. The summed E-state index contributed by atoms with van der Waals surface area (Å²) in [5.74, 6) is 0. The molecule has 92 valence electrons. The Morgan fingerprint density at radius 1 is 1.24 bits per heavy atom. The third-order valence-corrected chi connectivity index (χ3v) is 3.67. The maximum atomic E-state index is 13.1. The van der Waals surface area contributed by atoms with Crippen LogP contribution in [-0.4, -0.2) is 6.18 Å². The van der Waals surface area contributed by atoms with Gasteiger partial charge in [-0.3, -0.25) is 0 Å². The normalized spacial score (nSPS) is 24.5. The minimum Gasteiger partial charge on any atom is -0.205 e. The number of nitrogens with zero attached hydrogens (tertiary/aromatic N) is 2. The lowest BCUT2D eigenvalue weighted by Gasteiger charge is -2.31. The number of rotatable bonds is 1. The van der Waals surface area contributed by atoms with Gasteiger partial charge in [-0.25, -0.2) is 4.72 Å². The molecule has 1 aromatic rings. The minimum atomic E-state index is -4.56. The molecule has 0 spiro atoms. The number of halogens is 4. The molecule has 1 atom stereocenters. The second-order valence-corrected chi connectivity index (χ2v) is 4.92. The van der Waals surface area contributed by atoms with Gasteiger partial charge < -0.3 is 0 Å². The Hall–Kier alpha value is -0.570. The van der Waals surface area contributed by atoms with Crippen molar-refractivity contribution in [3.05, 3.63) is 34.9 Å². The zero-order chi connectivity index (χ0) is 12.5. The van der Waals surface area contributed by atoms with Crippen LogP contribution >= 0.6 is 23.7 Å². The van der Waals surface area contributed by atoms with E-state index in [2.05, 4.69) is 12.9 Å². The molecular formula is C8H5ClF3N3S2. The quantitative estimate of drug-likeness (QED) is 0.803. The SMILES string of the molecule is FC(F)(F)C1(c2ccc(Cl)cc2)N=S=NSN1. The van der Waals surface area contributed by atoms with Crippen molar-refractivity contribution >= 4 is 35.1 Å². The van der Waals surface area contributed by atoms with Crippen molar-refractivity contribution < 1.29 is 13.2 Å². The van der Waals surface area contributed by atoms with Gasteiger partial charge in [0.05, 0.1) is 23.5 Å². The largest absolute Gasteiger partial charge is 0.433 e. The summed E-state index contributed by atoms with van der Waals surface area (Å²) < 4.78 is 48.6. The highest BCUT2D eigenvalue weighted by molar-refractivity contribution is 7.99. The molecule has 17 heavy (non-hydrogen) atoms. The third kappa shape index (κ3) is 2.35. The molecule has 1 N–H and O–H groups in total. The summed E-state index contributed by atoms with van der Waals surface area (Å²) in [4.78, 5) is 0. The highest BCUT2D eigenvalue weighted by Gasteiger charge is 2.57. The van der Waals surface area contributed by atoms with Crippen LogP contribution in [0.25, 0.3) is 0 Å². The summed E-state index contributed by atoms with van der Waals surface area (Å²) in [7, 11) is 0. The van der Waals surface area contributed by atoms with Crippen LogP contribution in [0.4, 0.5) is 13.2 Å². The lowest BCUT2D eigenvalue weighted by atomic mass is 10.0. The Bertz CT molecular complexity index is 484. The smallest absolute Gasteiger partial charge is 0.205 e. The van der Waals surface area contributed by atoms with Crippen LogP contribution in [0, 0.1) is 0 Å². The van der Waals surface area contributed by atoms with Crippen molar-refractivity contribution in [2.75, 3.05) is 0 Å². The fraction of sp³-hybridized carbons (Fsp3) is 0.250. The summed E-state index contributed by atoms with van der Waals surface area (Å²) in [6.07, 6.45) is -4.56. The molecule has 1 unspecified atom stereocenters. The van der Waals surface area contributed by atoms with Gasteiger partial charge in [-0.15, -0.1) is 3.77 Å². The van der Waals surface area contributed by atoms with E-state index >= 15 is 0 Å². The summed E-state index contributed by atoms with van der Waals surface area (Å²) in [6.45, 7) is 0. The summed E-state index contributed by atoms with van der Waals surface area (Å²) in [5, 5.41) is 0.367. The van der Waals surface area contributed by atoms with Crippen LogP contribution in [-0.2, 0) is 17.0 Å². The Morgan fingerprint density at radius 2 is 1.88 bits per heavy atom. The van der Waals surface area contributed by atoms with Crippen molar-refractivity contribution in [1.82, 2.24) is 4.72 Å². The molecule has 0 saturated heterocycles. The molecule has 0 fully saturated rings. The summed E-state index contributed by atoms with van der Waals surface area (Å²) in [6, 6.07) is 5.36. The Labute approximate surface area is 108 Å². The van der Waals surface area contributed by atoms with Crippen LogP contribution in [0.1, 0.15) is 5.56 Å². The van der Waals surface area contributed by atoms with Gasteiger partial charge in [0.25, 0.3) is 5.66 Å². The van der Waals surface area contributed by atoms with E-state index in [0.717, 1.165) is 0 Å². The van der Waals surface area contributed by atoms with Gasteiger partial charge >= 0.3 is 6.18 Å². The predicted molar refractivity (Wildman–Crippen MR) is 62.1 cm³/mol. The second-order valence-electron chi connectivity index (χ2n) is 3.16. The van der Waals surface area contributed by atoms with Crippen LogP contribution in [0.5, 0.6) is 0 Å². The van der Waals surface area contributed by atoms with Gasteiger partial charge in [0.2, 0.25) is 0 Å². The standard InChI is InChI=1S/C8H5ClF3N3S2/c9-6-3-1-5(2-4-6)7(8(10,11)12)13-16-15-17-14-7/h1-4,13H. The molecule has 1 aliphatic rings. The molecular weight excluding hydrogens is 295 g/mol. The van der Waals surface area contributed by atoms with Crippen LogP contribution in [0.2, 0.25) is 5.02 Å². The van der Waals surface area contributed by atoms with Crippen LogP contribution in [0.3, 0.4) is 0 Å². The Morgan fingerprint density at radius 3 is 2.35 bits per heavy atom. The van der Waals surface area contributed by atoms with Gasteiger partial charge in [-0.05, 0) is 12.1 Å². The average molecular weight is 300 g/mol. The molecule has 0 saturated carbocycles. The fourth-order valence-electron chi connectivity index (χ4n) is 1.27. The van der Waals surface area contributed by atoms with Crippen molar-refractivity contribution in [3.8, 4) is 0 Å². The molecule has 0 amide bonds. The molecule has 9 heteroatoms. The Kier molecular flexibility index (Phi) is 3.48. The van der Waals surface area contributed by atoms with E-state index in [-0.39, 0.29) is 5.56 Å². The monoisotopic (exact) mass is 299 g/mol. The topological polar surface area (TPSA) is 36.8 Å². The first-order valence-electron chi connectivity index (χ1n) is 4.30. The van der Waals surface area contributed by atoms with E-state index in [1.54, 1.807) is 0 Å². The highest BCUT2D eigenvalue weighted by Crippen LogP contribution is 2.42. The van der Waals surface area contributed by atoms with Gasteiger partial charge in [0, 0.05) is 10.6 Å². The van der Waals surface area contributed by atoms with Gasteiger partial charge in [0.15, 0.2) is 0 Å². The summed E-state index contributed by atoms with van der Waals surface area (Å²) >= 11 is 6.79. The molecule has 1 aliphatic heterocycles. The maximum Gasteiger partial charge on any atom is 0.433 e. The number of hydrogen-bond acceptors (Lipinski definition) is 4. The number of alkyl halides is 3. The summed E-state index contributed by atoms with van der Waals surface area (Å²) in [5.41, 5.74) is -2.47. The van der Waals surface area contributed by atoms with E-state index in [1.165, 1.54) is 24.3 Å². The fourth-order valence-corrected chi connectivity index (χ4v) is 2.66. The number of nitrogens with one attached hydrogen (secondary N) is 1. The van der Waals surface area contributed by atoms with Crippen LogP contribution in [0.15, 0.2) is 32.4 Å². The zero-order valence-electron chi connectivity index (χ0n) is 8.03. The van der Waals surface area contributed by atoms with E-state index in [1.807, 2.05) is 0 Å². The van der Waals surface area contributed by atoms with Crippen molar-refractivity contribution in [1.29, 1.82) is 0 Å². The van der Waals surface area contributed by atoms with E-state index in [9.17, 15) is 13.2 Å². The molecule has 0 aliphatic carbocycles. The maximum absolute atomic E-state index is 13.1. The molecule has 2 rings (SSSR count). The minimum absolute atomic E-state index is 0.0238. The Balaban J connectivity index is 2.55. The van der Waals surface area contributed by atoms with Crippen molar-refractivity contribution in [2.24, 2.45) is 8.13 Å². The van der Waals surface area contributed by atoms with Crippen LogP contribution < -0.4 is 4.72 Å².